The Morgan fingerprint density at radius 3 is 2.31 bits per heavy atom. The molecule has 1 saturated heterocycles. The van der Waals surface area contributed by atoms with Gasteiger partial charge in [-0.25, -0.2) is 9.59 Å². The van der Waals surface area contributed by atoms with Crippen LogP contribution in [0.5, 0.6) is 0 Å². The fourth-order valence-corrected chi connectivity index (χ4v) is 4.17. The second-order valence-corrected chi connectivity index (χ2v) is 7.76. The molecule has 1 aliphatic carbocycles. The van der Waals surface area contributed by atoms with E-state index in [1.54, 1.807) is 0 Å². The van der Waals surface area contributed by atoms with E-state index in [1.807, 2.05) is 36.4 Å². The number of hydrogen-bond donors (Lipinski definition) is 4. The SMILES string of the molecule is O=C(N[C@H]1CCO[C@H]1C(=O)NCC(O)C(=O)O)OCC1c2ccccc2-c2ccccc21. The van der Waals surface area contributed by atoms with Crippen molar-refractivity contribution in [3.05, 3.63) is 59.7 Å². The van der Waals surface area contributed by atoms with Crippen molar-refractivity contribution >= 4 is 18.0 Å². The van der Waals surface area contributed by atoms with Crippen LogP contribution in [0.2, 0.25) is 0 Å². The second kappa shape index (κ2) is 9.37. The van der Waals surface area contributed by atoms with E-state index in [0.717, 1.165) is 22.3 Å². The smallest absolute Gasteiger partial charge is 0.407 e. The lowest BCUT2D eigenvalue weighted by molar-refractivity contribution is -0.146. The molecular formula is C23H24N2O7. The molecular weight excluding hydrogens is 416 g/mol. The van der Waals surface area contributed by atoms with Crippen LogP contribution in [0.3, 0.4) is 0 Å². The summed E-state index contributed by atoms with van der Waals surface area (Å²) in [6.07, 6.45) is -2.96. The Labute approximate surface area is 184 Å². The molecule has 1 fully saturated rings. The van der Waals surface area contributed by atoms with Gasteiger partial charge in [0.25, 0.3) is 5.91 Å². The van der Waals surface area contributed by atoms with Crippen molar-refractivity contribution in [3.63, 3.8) is 0 Å². The Morgan fingerprint density at radius 2 is 1.69 bits per heavy atom. The van der Waals surface area contributed by atoms with Crippen LogP contribution in [0, 0.1) is 0 Å². The van der Waals surface area contributed by atoms with Crippen LogP contribution in [0.25, 0.3) is 11.1 Å². The number of aliphatic carboxylic acids is 1. The van der Waals surface area contributed by atoms with Crippen molar-refractivity contribution in [2.45, 2.75) is 30.6 Å². The summed E-state index contributed by atoms with van der Waals surface area (Å²) in [5.74, 6) is -2.12. The number of amides is 2. The first-order chi connectivity index (χ1) is 15.5. The van der Waals surface area contributed by atoms with Gasteiger partial charge < -0.3 is 30.3 Å². The minimum absolute atomic E-state index is 0.0791. The molecule has 1 unspecified atom stereocenters. The maximum atomic E-state index is 12.5. The van der Waals surface area contributed by atoms with Gasteiger partial charge in [0.1, 0.15) is 6.61 Å². The zero-order valence-electron chi connectivity index (χ0n) is 17.2. The van der Waals surface area contributed by atoms with Gasteiger partial charge in [-0.1, -0.05) is 48.5 Å². The molecule has 4 N–H and O–H groups in total. The molecule has 1 heterocycles. The molecule has 0 saturated carbocycles. The number of alkyl carbamates (subject to hydrolysis) is 1. The molecule has 0 spiro atoms. The molecule has 9 nitrogen and oxygen atoms in total. The summed E-state index contributed by atoms with van der Waals surface area (Å²) in [5, 5.41) is 23.0. The number of carboxylic acids is 1. The van der Waals surface area contributed by atoms with Crippen molar-refractivity contribution in [3.8, 4) is 11.1 Å². The molecule has 2 aromatic carbocycles. The van der Waals surface area contributed by atoms with Gasteiger partial charge in [-0.3, -0.25) is 4.79 Å². The molecule has 2 aliphatic rings. The van der Waals surface area contributed by atoms with E-state index >= 15 is 0 Å². The van der Waals surface area contributed by atoms with Crippen molar-refractivity contribution in [2.24, 2.45) is 0 Å². The molecule has 32 heavy (non-hydrogen) atoms. The third-order valence-electron chi connectivity index (χ3n) is 5.75. The minimum atomic E-state index is -1.71. The normalized spacial score (nSPS) is 20.2. The molecule has 0 bridgehead atoms. The van der Waals surface area contributed by atoms with Crippen LogP contribution in [0.1, 0.15) is 23.5 Å². The first-order valence-corrected chi connectivity index (χ1v) is 10.4. The number of aliphatic hydroxyl groups is 1. The summed E-state index contributed by atoms with van der Waals surface area (Å²) < 4.78 is 10.9. The Hall–Kier alpha value is -3.43. The summed E-state index contributed by atoms with van der Waals surface area (Å²) >= 11 is 0. The Morgan fingerprint density at radius 1 is 1.06 bits per heavy atom. The number of hydrogen-bond acceptors (Lipinski definition) is 6. The predicted molar refractivity (Wildman–Crippen MR) is 113 cm³/mol. The maximum absolute atomic E-state index is 12.5. The van der Waals surface area contributed by atoms with E-state index in [2.05, 4.69) is 22.8 Å². The van der Waals surface area contributed by atoms with Crippen molar-refractivity contribution in [1.29, 1.82) is 0 Å². The van der Waals surface area contributed by atoms with Crippen LogP contribution < -0.4 is 10.6 Å². The average Bonchev–Trinajstić information content (AvgIpc) is 3.38. The first kappa shape index (κ1) is 21.8. The van der Waals surface area contributed by atoms with Gasteiger partial charge in [-0.2, -0.15) is 0 Å². The number of fused-ring (bicyclic) bond motifs is 3. The lowest BCUT2D eigenvalue weighted by Crippen LogP contribution is -2.50. The van der Waals surface area contributed by atoms with Gasteiger partial charge >= 0.3 is 12.1 Å². The summed E-state index contributed by atoms with van der Waals surface area (Å²) in [7, 11) is 0. The molecule has 9 heteroatoms. The minimum Gasteiger partial charge on any atom is -0.479 e. The number of carboxylic acid groups (broad SMARTS) is 1. The van der Waals surface area contributed by atoms with E-state index in [-0.39, 0.29) is 19.1 Å². The number of carbonyl (C=O) groups is 3. The first-order valence-electron chi connectivity index (χ1n) is 10.4. The van der Waals surface area contributed by atoms with E-state index in [9.17, 15) is 19.5 Å². The van der Waals surface area contributed by atoms with Gasteiger partial charge in [0.2, 0.25) is 0 Å². The van der Waals surface area contributed by atoms with Crippen molar-refractivity contribution in [2.75, 3.05) is 19.8 Å². The number of carbonyl (C=O) groups excluding carboxylic acids is 2. The third kappa shape index (κ3) is 4.44. The van der Waals surface area contributed by atoms with Crippen LogP contribution in [-0.4, -0.2) is 66.2 Å². The summed E-state index contributed by atoms with van der Waals surface area (Å²) in [6.45, 7) is -0.0469. The number of aliphatic hydroxyl groups excluding tert-OH is 1. The number of benzene rings is 2. The molecule has 168 valence electrons. The topological polar surface area (TPSA) is 134 Å². The highest BCUT2D eigenvalue weighted by Crippen LogP contribution is 2.44. The Bertz CT molecular complexity index is 979. The van der Waals surface area contributed by atoms with Gasteiger partial charge in [-0.15, -0.1) is 0 Å². The molecule has 1 aliphatic heterocycles. The largest absolute Gasteiger partial charge is 0.479 e. The lowest BCUT2D eigenvalue weighted by atomic mass is 9.98. The van der Waals surface area contributed by atoms with Crippen molar-refractivity contribution in [1.82, 2.24) is 10.6 Å². The number of ether oxygens (including phenoxy) is 2. The molecule has 0 aromatic heterocycles. The molecule has 2 aromatic rings. The molecule has 3 atom stereocenters. The monoisotopic (exact) mass is 440 g/mol. The highest BCUT2D eigenvalue weighted by Gasteiger charge is 2.36. The lowest BCUT2D eigenvalue weighted by Gasteiger charge is -2.20. The maximum Gasteiger partial charge on any atom is 0.407 e. The van der Waals surface area contributed by atoms with Crippen LogP contribution in [-0.2, 0) is 19.1 Å². The number of nitrogens with one attached hydrogen (secondary N) is 2. The highest BCUT2D eigenvalue weighted by molar-refractivity contribution is 5.84. The van der Waals surface area contributed by atoms with E-state index in [1.165, 1.54) is 0 Å². The zero-order valence-corrected chi connectivity index (χ0v) is 17.2. The van der Waals surface area contributed by atoms with E-state index in [4.69, 9.17) is 14.6 Å². The Kier molecular flexibility index (Phi) is 6.38. The van der Waals surface area contributed by atoms with Crippen LogP contribution in [0.15, 0.2) is 48.5 Å². The summed E-state index contributed by atoms with van der Waals surface area (Å²) in [6, 6.07) is 15.4. The van der Waals surface area contributed by atoms with Crippen molar-refractivity contribution < 1.29 is 34.1 Å². The summed E-state index contributed by atoms with van der Waals surface area (Å²) in [4.78, 5) is 35.4. The van der Waals surface area contributed by atoms with Gasteiger partial charge in [0, 0.05) is 12.5 Å². The van der Waals surface area contributed by atoms with Gasteiger partial charge in [-0.05, 0) is 28.7 Å². The highest BCUT2D eigenvalue weighted by atomic mass is 16.6. The Balaban J connectivity index is 1.34. The average molecular weight is 440 g/mol. The fraction of sp³-hybridized carbons (Fsp3) is 0.348. The molecule has 0 radical (unpaired) electrons. The third-order valence-corrected chi connectivity index (χ3v) is 5.75. The van der Waals surface area contributed by atoms with Crippen LogP contribution >= 0.6 is 0 Å². The summed E-state index contributed by atoms with van der Waals surface area (Å²) in [5.41, 5.74) is 4.45. The number of rotatable bonds is 7. The predicted octanol–water partition coefficient (Wildman–Crippen LogP) is 1.24. The van der Waals surface area contributed by atoms with Gasteiger partial charge in [0.15, 0.2) is 12.2 Å². The quantitative estimate of drug-likeness (QED) is 0.509. The zero-order chi connectivity index (χ0) is 22.7. The standard InChI is InChI=1S/C23H24N2O7/c26-19(22(28)29)11-24-21(27)20-18(9-10-31-20)25-23(30)32-12-17-15-7-3-1-5-13(15)14-6-2-4-8-16(14)17/h1-8,17-20,26H,9-12H2,(H,24,27)(H,25,30)(H,28,29)/t18-,19?,20+/m0/s1. The van der Waals surface area contributed by atoms with E-state index < -0.39 is 42.8 Å². The fourth-order valence-electron chi connectivity index (χ4n) is 4.17. The molecule has 4 rings (SSSR count). The van der Waals surface area contributed by atoms with E-state index in [0.29, 0.717) is 6.42 Å². The van der Waals surface area contributed by atoms with Gasteiger partial charge in [0.05, 0.1) is 12.6 Å². The van der Waals surface area contributed by atoms with Crippen LogP contribution in [0.4, 0.5) is 4.79 Å². The second-order valence-electron chi connectivity index (χ2n) is 7.76. The molecule has 2 amide bonds.